The number of unbranched alkanes of at least 4 members (excludes halogenated alkanes) is 1. The van der Waals surface area contributed by atoms with Crippen molar-refractivity contribution < 1.29 is 29.0 Å². The zero-order chi connectivity index (χ0) is 30.2. The van der Waals surface area contributed by atoms with Crippen LogP contribution in [0, 0.1) is 5.92 Å². The molecular weight excluding hydrogens is 540 g/mol. The zero-order valence-corrected chi connectivity index (χ0v) is 23.5. The highest BCUT2D eigenvalue weighted by Crippen LogP contribution is 2.27. The number of aromatic amines is 1. The Balaban J connectivity index is 1.54. The number of ether oxygens (including phenoxy) is 2. The topological polar surface area (TPSA) is 161 Å². The maximum atomic E-state index is 13.3. The lowest BCUT2D eigenvalue weighted by Crippen LogP contribution is -2.34. The van der Waals surface area contributed by atoms with Gasteiger partial charge in [0.05, 0.1) is 37.4 Å². The number of hydrogen-bond donors (Lipinski definition) is 3. The smallest absolute Gasteiger partial charge is 0.306 e. The number of methoxy groups -OCH3 is 2. The summed E-state index contributed by atoms with van der Waals surface area (Å²) < 4.78 is 10.6. The number of benzene rings is 2. The van der Waals surface area contributed by atoms with Crippen molar-refractivity contribution in [3.05, 3.63) is 93.8 Å². The standard InChI is InChI=1S/C31H32N4O7/c1-18(31(39)40)6-4-5-7-26(36)28-32-17-23(30(38)35-28)29(37)34-27(19-8-11-21(41-2)12-9-19)25-14-10-20-16-22(42-3)13-15-24(20)33-25/h8-18,27H,4-7H2,1-3H3,(H,34,37)(H,39,40)(H,32,35,38)/t18-,27?/m0/s1. The molecule has 2 aromatic heterocycles. The Bertz CT molecular complexity index is 1650. The molecule has 4 rings (SSSR count). The number of hydrogen-bond acceptors (Lipinski definition) is 8. The number of carbonyl (C=O) groups is 3. The molecule has 0 spiro atoms. The Labute approximate surface area is 241 Å². The number of amides is 1. The van der Waals surface area contributed by atoms with Gasteiger partial charge in [0.2, 0.25) is 0 Å². The van der Waals surface area contributed by atoms with Crippen LogP contribution in [0.5, 0.6) is 11.5 Å². The Morgan fingerprint density at radius 2 is 1.69 bits per heavy atom. The molecule has 1 unspecified atom stereocenters. The summed E-state index contributed by atoms with van der Waals surface area (Å²) in [5.74, 6) is -1.28. The lowest BCUT2D eigenvalue weighted by Gasteiger charge is -2.20. The van der Waals surface area contributed by atoms with Gasteiger partial charge in [0, 0.05) is 18.0 Å². The zero-order valence-electron chi connectivity index (χ0n) is 23.5. The summed E-state index contributed by atoms with van der Waals surface area (Å²) in [6.07, 6.45) is 2.63. The second kappa shape index (κ2) is 13.5. The average molecular weight is 573 g/mol. The number of carboxylic acids is 1. The molecule has 0 saturated heterocycles. The molecule has 1 amide bonds. The monoisotopic (exact) mass is 572 g/mol. The number of H-pyrrole nitrogens is 1. The first kappa shape index (κ1) is 29.9. The maximum Gasteiger partial charge on any atom is 0.306 e. The van der Waals surface area contributed by atoms with E-state index in [1.54, 1.807) is 57.5 Å². The average Bonchev–Trinajstić information content (AvgIpc) is 3.01. The van der Waals surface area contributed by atoms with Crippen LogP contribution in [0.2, 0.25) is 0 Å². The molecule has 4 aromatic rings. The van der Waals surface area contributed by atoms with E-state index in [2.05, 4.69) is 15.3 Å². The number of nitrogens with zero attached hydrogens (tertiary/aromatic N) is 2. The van der Waals surface area contributed by atoms with Gasteiger partial charge in [-0.15, -0.1) is 0 Å². The fraction of sp³-hybridized carbons (Fsp3) is 0.290. The third-order valence-electron chi connectivity index (χ3n) is 6.96. The predicted octanol–water partition coefficient (Wildman–Crippen LogP) is 4.32. The second-order valence-electron chi connectivity index (χ2n) is 9.86. The number of carbonyl (C=O) groups excluding carboxylic acids is 2. The Hall–Kier alpha value is -5.06. The summed E-state index contributed by atoms with van der Waals surface area (Å²) in [5, 5.41) is 12.7. The first-order valence-corrected chi connectivity index (χ1v) is 13.4. The van der Waals surface area contributed by atoms with Crippen molar-refractivity contribution in [2.45, 2.75) is 38.6 Å². The molecule has 0 aliphatic rings. The van der Waals surface area contributed by atoms with E-state index in [9.17, 15) is 19.2 Å². The Morgan fingerprint density at radius 1 is 0.976 bits per heavy atom. The van der Waals surface area contributed by atoms with Gasteiger partial charge >= 0.3 is 5.97 Å². The normalized spacial score (nSPS) is 12.4. The summed E-state index contributed by atoms with van der Waals surface area (Å²) in [6, 6.07) is 15.5. The summed E-state index contributed by atoms with van der Waals surface area (Å²) in [4.78, 5) is 60.8. The van der Waals surface area contributed by atoms with E-state index in [1.165, 1.54) is 0 Å². The van der Waals surface area contributed by atoms with Crippen LogP contribution in [0.15, 0.2) is 65.6 Å². The maximum absolute atomic E-state index is 13.3. The third-order valence-corrected chi connectivity index (χ3v) is 6.96. The largest absolute Gasteiger partial charge is 0.497 e. The molecule has 42 heavy (non-hydrogen) atoms. The number of carboxylic acid groups (broad SMARTS) is 1. The summed E-state index contributed by atoms with van der Waals surface area (Å²) in [7, 11) is 3.14. The fourth-order valence-corrected chi connectivity index (χ4v) is 4.42. The lowest BCUT2D eigenvalue weighted by molar-refractivity contribution is -0.141. The van der Waals surface area contributed by atoms with Gasteiger partial charge in [-0.3, -0.25) is 24.2 Å². The Kier molecular flexibility index (Phi) is 9.64. The predicted molar refractivity (Wildman–Crippen MR) is 155 cm³/mol. The van der Waals surface area contributed by atoms with Gasteiger partial charge in [-0.25, -0.2) is 4.98 Å². The van der Waals surface area contributed by atoms with Gasteiger partial charge in [-0.2, -0.15) is 0 Å². The third kappa shape index (κ3) is 7.17. The van der Waals surface area contributed by atoms with Crippen molar-refractivity contribution in [3.63, 3.8) is 0 Å². The van der Waals surface area contributed by atoms with E-state index in [0.717, 1.165) is 11.6 Å². The van der Waals surface area contributed by atoms with Crippen LogP contribution in [0.1, 0.15) is 70.9 Å². The van der Waals surface area contributed by atoms with Crippen LogP contribution in [0.3, 0.4) is 0 Å². The molecule has 0 fully saturated rings. The fourth-order valence-electron chi connectivity index (χ4n) is 4.42. The van der Waals surface area contributed by atoms with Crippen molar-refractivity contribution in [2.75, 3.05) is 14.2 Å². The summed E-state index contributed by atoms with van der Waals surface area (Å²) >= 11 is 0. The minimum atomic E-state index is -0.882. The molecule has 0 bridgehead atoms. The number of nitrogens with one attached hydrogen (secondary N) is 2. The molecular formula is C31H32N4O7. The second-order valence-corrected chi connectivity index (χ2v) is 9.86. The van der Waals surface area contributed by atoms with Gasteiger partial charge in [0.15, 0.2) is 11.6 Å². The van der Waals surface area contributed by atoms with Crippen LogP contribution in [0.25, 0.3) is 10.9 Å². The molecule has 218 valence electrons. The molecule has 2 aromatic carbocycles. The van der Waals surface area contributed by atoms with Gasteiger partial charge in [0.25, 0.3) is 11.5 Å². The van der Waals surface area contributed by atoms with E-state index in [0.29, 0.717) is 47.5 Å². The van der Waals surface area contributed by atoms with E-state index >= 15 is 0 Å². The Morgan fingerprint density at radius 3 is 2.36 bits per heavy atom. The molecule has 11 nitrogen and oxygen atoms in total. The molecule has 3 N–H and O–H groups in total. The number of Topliss-reactive ketones (excluding diaryl/α,β-unsaturated/α-hetero) is 1. The highest BCUT2D eigenvalue weighted by atomic mass is 16.5. The molecule has 0 aliphatic heterocycles. The number of ketones is 1. The van der Waals surface area contributed by atoms with Crippen LogP contribution < -0.4 is 20.3 Å². The van der Waals surface area contributed by atoms with Crippen molar-refractivity contribution in [1.29, 1.82) is 0 Å². The van der Waals surface area contributed by atoms with Crippen LogP contribution >= 0.6 is 0 Å². The van der Waals surface area contributed by atoms with Crippen molar-refractivity contribution in [3.8, 4) is 11.5 Å². The first-order chi connectivity index (χ1) is 20.2. The van der Waals surface area contributed by atoms with E-state index in [4.69, 9.17) is 19.6 Å². The summed E-state index contributed by atoms with van der Waals surface area (Å²) in [5.41, 5.74) is 0.932. The first-order valence-electron chi connectivity index (χ1n) is 13.4. The quantitative estimate of drug-likeness (QED) is 0.157. The van der Waals surface area contributed by atoms with Crippen molar-refractivity contribution in [1.82, 2.24) is 20.3 Å². The van der Waals surface area contributed by atoms with E-state index in [-0.39, 0.29) is 17.8 Å². The van der Waals surface area contributed by atoms with Gasteiger partial charge in [0.1, 0.15) is 17.1 Å². The SMILES string of the molecule is COc1ccc(C(NC(=O)c2cnc(C(=O)CCCC[C@H](C)C(=O)O)[nH]c2=O)c2ccc3cc(OC)ccc3n2)cc1. The molecule has 0 aliphatic carbocycles. The van der Waals surface area contributed by atoms with E-state index < -0.39 is 35.2 Å². The minimum Gasteiger partial charge on any atom is -0.497 e. The highest BCUT2D eigenvalue weighted by Gasteiger charge is 2.23. The number of rotatable bonds is 13. The van der Waals surface area contributed by atoms with Crippen LogP contribution in [0.4, 0.5) is 0 Å². The van der Waals surface area contributed by atoms with Gasteiger partial charge in [-0.1, -0.05) is 31.5 Å². The van der Waals surface area contributed by atoms with Gasteiger partial charge in [-0.05, 0) is 54.8 Å². The highest BCUT2D eigenvalue weighted by molar-refractivity contribution is 5.95. The minimum absolute atomic E-state index is 0.0971. The molecule has 0 saturated carbocycles. The van der Waals surface area contributed by atoms with Crippen molar-refractivity contribution >= 4 is 28.6 Å². The van der Waals surface area contributed by atoms with Crippen LogP contribution in [-0.2, 0) is 4.79 Å². The van der Waals surface area contributed by atoms with Gasteiger partial charge < -0.3 is 24.9 Å². The number of aromatic nitrogens is 3. The number of pyridine rings is 1. The van der Waals surface area contributed by atoms with Crippen molar-refractivity contribution in [2.24, 2.45) is 5.92 Å². The molecule has 2 heterocycles. The van der Waals surface area contributed by atoms with E-state index in [1.807, 2.05) is 18.2 Å². The molecule has 2 atom stereocenters. The van der Waals surface area contributed by atoms with Crippen LogP contribution in [-0.4, -0.2) is 51.9 Å². The molecule has 11 heteroatoms. The summed E-state index contributed by atoms with van der Waals surface area (Å²) in [6.45, 7) is 1.61. The molecule has 0 radical (unpaired) electrons. The lowest BCUT2D eigenvalue weighted by atomic mass is 10.0. The number of aliphatic carboxylic acids is 1. The number of fused-ring (bicyclic) bond motifs is 1.